The van der Waals surface area contributed by atoms with Gasteiger partial charge in [-0.05, 0) is 13.2 Å². The number of nitrogens with zero attached hydrogens (tertiary/aromatic N) is 3. The zero-order valence-corrected chi connectivity index (χ0v) is 11.6. The molecule has 0 aromatic carbocycles. The van der Waals surface area contributed by atoms with Crippen molar-refractivity contribution < 1.29 is 14.7 Å². The highest BCUT2D eigenvalue weighted by Gasteiger charge is 2.08. The normalized spacial score (nSPS) is 11.9. The Labute approximate surface area is 114 Å². The molecular formula is C10H17N5O3S. The number of carboxylic acid groups (broad SMARTS) is 1. The molecule has 106 valence electrons. The molecule has 1 aromatic rings. The summed E-state index contributed by atoms with van der Waals surface area (Å²) in [4.78, 5) is 22.0. The second kappa shape index (κ2) is 7.62. The lowest BCUT2D eigenvalue weighted by molar-refractivity contribution is -0.137. The standard InChI is InChI=1S/C10H17N5O3S/c1-7(6-19-2)12-10(18)11-3-8-4-15(14-13-8)5-9(16)17/h4,7H,3,5-6H2,1-2H3,(H,16,17)(H2,11,12,18). The van der Waals surface area contributed by atoms with Gasteiger partial charge in [0.25, 0.3) is 0 Å². The third-order valence-electron chi connectivity index (χ3n) is 2.11. The van der Waals surface area contributed by atoms with Crippen LogP contribution >= 0.6 is 11.8 Å². The summed E-state index contributed by atoms with van der Waals surface area (Å²) in [7, 11) is 0. The van der Waals surface area contributed by atoms with Crippen molar-refractivity contribution in [1.82, 2.24) is 25.6 Å². The molecule has 0 aliphatic carbocycles. The van der Waals surface area contributed by atoms with Gasteiger partial charge in [0.15, 0.2) is 0 Å². The van der Waals surface area contributed by atoms with Crippen molar-refractivity contribution in [2.24, 2.45) is 0 Å². The van der Waals surface area contributed by atoms with Gasteiger partial charge in [-0.1, -0.05) is 5.21 Å². The molecule has 1 rings (SSSR count). The van der Waals surface area contributed by atoms with Crippen LogP contribution in [0.25, 0.3) is 0 Å². The van der Waals surface area contributed by atoms with Crippen LogP contribution in [0.4, 0.5) is 4.79 Å². The van der Waals surface area contributed by atoms with Crippen LogP contribution in [0.3, 0.4) is 0 Å². The van der Waals surface area contributed by atoms with Gasteiger partial charge in [-0.2, -0.15) is 11.8 Å². The Morgan fingerprint density at radius 1 is 1.58 bits per heavy atom. The minimum atomic E-state index is -0.993. The summed E-state index contributed by atoms with van der Waals surface area (Å²) < 4.78 is 1.20. The van der Waals surface area contributed by atoms with Gasteiger partial charge in [0.05, 0.1) is 12.7 Å². The Morgan fingerprint density at radius 2 is 2.32 bits per heavy atom. The fraction of sp³-hybridized carbons (Fsp3) is 0.600. The van der Waals surface area contributed by atoms with E-state index < -0.39 is 5.97 Å². The molecule has 2 amide bonds. The zero-order chi connectivity index (χ0) is 14.3. The van der Waals surface area contributed by atoms with E-state index in [2.05, 4.69) is 20.9 Å². The van der Waals surface area contributed by atoms with Gasteiger partial charge in [-0.15, -0.1) is 5.10 Å². The van der Waals surface area contributed by atoms with Gasteiger partial charge in [0.1, 0.15) is 12.2 Å². The van der Waals surface area contributed by atoms with Crippen LogP contribution in [0.15, 0.2) is 6.20 Å². The smallest absolute Gasteiger partial charge is 0.325 e. The van der Waals surface area contributed by atoms with E-state index >= 15 is 0 Å². The number of hydrogen-bond acceptors (Lipinski definition) is 5. The summed E-state index contributed by atoms with van der Waals surface area (Å²) in [6.45, 7) is 1.88. The SMILES string of the molecule is CSCC(C)NC(=O)NCc1cn(CC(=O)O)nn1. The maximum Gasteiger partial charge on any atom is 0.325 e. The first-order valence-corrected chi connectivity index (χ1v) is 7.04. The van der Waals surface area contributed by atoms with Crippen LogP contribution in [0.5, 0.6) is 0 Å². The Balaban J connectivity index is 2.33. The maximum atomic E-state index is 11.5. The van der Waals surface area contributed by atoms with Crippen molar-refractivity contribution in [2.45, 2.75) is 26.1 Å². The number of carbonyl (C=O) groups is 2. The molecule has 9 heteroatoms. The predicted molar refractivity (Wildman–Crippen MR) is 70.9 cm³/mol. The molecule has 0 saturated carbocycles. The summed E-state index contributed by atoms with van der Waals surface area (Å²) in [6, 6.07) is -0.202. The van der Waals surface area contributed by atoms with E-state index in [1.165, 1.54) is 10.9 Å². The second-order valence-electron chi connectivity index (χ2n) is 3.98. The molecule has 1 unspecified atom stereocenters. The van der Waals surface area contributed by atoms with Crippen LogP contribution < -0.4 is 10.6 Å². The summed E-state index contributed by atoms with van der Waals surface area (Å²) in [5.74, 6) is -0.157. The van der Waals surface area contributed by atoms with E-state index in [-0.39, 0.29) is 25.2 Å². The number of rotatable bonds is 7. The first-order chi connectivity index (χ1) is 9.01. The summed E-state index contributed by atoms with van der Waals surface area (Å²) in [5, 5.41) is 21.4. The fourth-order valence-electron chi connectivity index (χ4n) is 1.37. The highest BCUT2D eigenvalue weighted by atomic mass is 32.2. The molecule has 0 aliphatic rings. The van der Waals surface area contributed by atoms with E-state index in [4.69, 9.17) is 5.11 Å². The van der Waals surface area contributed by atoms with Crippen LogP contribution in [0.1, 0.15) is 12.6 Å². The molecule has 1 heterocycles. The molecule has 8 nitrogen and oxygen atoms in total. The number of thioether (sulfide) groups is 1. The average molecular weight is 287 g/mol. The Hall–Kier alpha value is -1.77. The number of carboxylic acids is 1. The van der Waals surface area contributed by atoms with E-state index in [1.54, 1.807) is 11.8 Å². The van der Waals surface area contributed by atoms with Crippen molar-refractivity contribution in [3.8, 4) is 0 Å². The topological polar surface area (TPSA) is 109 Å². The zero-order valence-electron chi connectivity index (χ0n) is 10.8. The van der Waals surface area contributed by atoms with E-state index in [9.17, 15) is 9.59 Å². The van der Waals surface area contributed by atoms with Gasteiger partial charge in [-0.3, -0.25) is 4.79 Å². The van der Waals surface area contributed by atoms with Gasteiger partial charge in [0, 0.05) is 11.8 Å². The van der Waals surface area contributed by atoms with Crippen molar-refractivity contribution in [2.75, 3.05) is 12.0 Å². The average Bonchev–Trinajstić information content (AvgIpc) is 2.73. The lowest BCUT2D eigenvalue weighted by atomic mass is 10.4. The van der Waals surface area contributed by atoms with Crippen molar-refractivity contribution in [3.05, 3.63) is 11.9 Å². The predicted octanol–water partition coefficient (Wildman–Crippen LogP) is -0.0866. The molecule has 0 saturated heterocycles. The van der Waals surface area contributed by atoms with E-state index in [0.29, 0.717) is 5.69 Å². The number of nitrogens with one attached hydrogen (secondary N) is 2. The van der Waals surface area contributed by atoms with E-state index in [1.807, 2.05) is 13.2 Å². The lowest BCUT2D eigenvalue weighted by Gasteiger charge is -2.12. The van der Waals surface area contributed by atoms with Crippen LogP contribution in [-0.2, 0) is 17.9 Å². The van der Waals surface area contributed by atoms with Crippen molar-refractivity contribution in [3.63, 3.8) is 0 Å². The fourth-order valence-corrected chi connectivity index (χ4v) is 1.96. The van der Waals surface area contributed by atoms with Crippen LogP contribution in [-0.4, -0.2) is 50.2 Å². The molecule has 0 radical (unpaired) electrons. The Bertz CT molecular complexity index is 437. The Morgan fingerprint density at radius 3 is 2.95 bits per heavy atom. The molecule has 0 fully saturated rings. The molecular weight excluding hydrogens is 270 g/mol. The summed E-state index contributed by atoms with van der Waals surface area (Å²) in [5.41, 5.74) is 0.508. The molecule has 3 N–H and O–H groups in total. The molecule has 1 aromatic heterocycles. The number of aliphatic carboxylic acids is 1. The molecule has 0 bridgehead atoms. The third-order valence-corrected chi connectivity index (χ3v) is 2.94. The third kappa shape index (κ3) is 6.09. The van der Waals surface area contributed by atoms with Crippen molar-refractivity contribution >= 4 is 23.8 Å². The quantitative estimate of drug-likeness (QED) is 0.647. The minimum absolute atomic E-state index is 0.0812. The lowest BCUT2D eigenvalue weighted by Crippen LogP contribution is -2.41. The second-order valence-corrected chi connectivity index (χ2v) is 4.90. The Kier molecular flexibility index (Phi) is 6.13. The first kappa shape index (κ1) is 15.3. The molecule has 0 aliphatic heterocycles. The van der Waals surface area contributed by atoms with Gasteiger partial charge in [-0.25, -0.2) is 9.48 Å². The highest BCUT2D eigenvalue weighted by molar-refractivity contribution is 7.98. The largest absolute Gasteiger partial charge is 0.480 e. The highest BCUT2D eigenvalue weighted by Crippen LogP contribution is 1.96. The number of urea groups is 1. The maximum absolute atomic E-state index is 11.5. The molecule has 1 atom stereocenters. The minimum Gasteiger partial charge on any atom is -0.480 e. The number of hydrogen-bond donors (Lipinski definition) is 3. The molecule has 0 spiro atoms. The van der Waals surface area contributed by atoms with Gasteiger partial charge >= 0.3 is 12.0 Å². The van der Waals surface area contributed by atoms with E-state index in [0.717, 1.165) is 5.75 Å². The van der Waals surface area contributed by atoms with Crippen molar-refractivity contribution in [1.29, 1.82) is 0 Å². The molecule has 19 heavy (non-hydrogen) atoms. The number of carbonyl (C=O) groups excluding carboxylic acids is 1. The number of amides is 2. The first-order valence-electron chi connectivity index (χ1n) is 5.65. The van der Waals surface area contributed by atoms with Gasteiger partial charge in [0.2, 0.25) is 0 Å². The van der Waals surface area contributed by atoms with Crippen LogP contribution in [0.2, 0.25) is 0 Å². The van der Waals surface area contributed by atoms with Gasteiger partial charge < -0.3 is 15.7 Å². The summed E-state index contributed by atoms with van der Waals surface area (Å²) in [6.07, 6.45) is 3.45. The number of aromatic nitrogens is 3. The monoisotopic (exact) mass is 287 g/mol. The summed E-state index contributed by atoms with van der Waals surface area (Å²) >= 11 is 1.65. The van der Waals surface area contributed by atoms with Crippen LogP contribution in [0, 0.1) is 0 Å².